The molecule has 1 aromatic heterocycles. The topological polar surface area (TPSA) is 56.2 Å². The van der Waals surface area contributed by atoms with E-state index in [9.17, 15) is 4.79 Å². The zero-order valence-electron chi connectivity index (χ0n) is 11.0. The van der Waals surface area contributed by atoms with Crippen molar-refractivity contribution >= 4 is 27.5 Å². The Morgan fingerprint density at radius 2 is 2.30 bits per heavy atom. The van der Waals surface area contributed by atoms with Gasteiger partial charge < -0.3 is 10.1 Å². The smallest absolute Gasteiger partial charge is 0.276 e. The normalized spacial score (nSPS) is 13.5. The monoisotopic (exact) mass is 335 g/mol. The van der Waals surface area contributed by atoms with Crippen molar-refractivity contribution in [3.63, 3.8) is 0 Å². The van der Waals surface area contributed by atoms with Crippen molar-refractivity contribution in [2.24, 2.45) is 0 Å². The molecule has 1 amide bonds. The fraction of sp³-hybridized carbons (Fsp3) is 0.286. The maximum Gasteiger partial charge on any atom is 0.276 e. The van der Waals surface area contributed by atoms with Gasteiger partial charge in [-0.2, -0.15) is 5.10 Å². The number of carbonyl (C=O) groups is 1. The molecule has 2 aromatic rings. The number of aromatic nitrogens is 2. The first-order valence-corrected chi connectivity index (χ1v) is 7.21. The molecule has 2 heterocycles. The van der Waals surface area contributed by atoms with Gasteiger partial charge in [0.15, 0.2) is 5.69 Å². The van der Waals surface area contributed by atoms with E-state index in [1.165, 1.54) is 0 Å². The molecule has 1 aliphatic heterocycles. The van der Waals surface area contributed by atoms with Gasteiger partial charge in [-0.05, 0) is 30.7 Å². The largest absolute Gasteiger partial charge is 0.478 e. The minimum absolute atomic E-state index is 0.225. The second kappa shape index (κ2) is 5.28. The molecule has 0 spiro atoms. The number of carbonyl (C=O) groups excluding carboxylic acids is 1. The number of benzene rings is 1. The Morgan fingerprint density at radius 3 is 3.05 bits per heavy atom. The van der Waals surface area contributed by atoms with Crippen molar-refractivity contribution in [2.75, 3.05) is 11.9 Å². The van der Waals surface area contributed by atoms with Gasteiger partial charge in [-0.25, -0.2) is 4.68 Å². The number of amides is 1. The molecule has 0 radical (unpaired) electrons. The highest BCUT2D eigenvalue weighted by Crippen LogP contribution is 2.22. The minimum Gasteiger partial charge on any atom is -0.478 e. The van der Waals surface area contributed by atoms with E-state index in [0.717, 1.165) is 28.7 Å². The van der Waals surface area contributed by atoms with E-state index in [1.54, 1.807) is 10.7 Å². The van der Waals surface area contributed by atoms with Crippen LogP contribution in [0, 0.1) is 6.92 Å². The maximum atomic E-state index is 12.2. The number of fused-ring (bicyclic) bond motifs is 1. The Labute approximate surface area is 125 Å². The van der Waals surface area contributed by atoms with Gasteiger partial charge in [-0.3, -0.25) is 4.79 Å². The molecule has 0 aliphatic carbocycles. The van der Waals surface area contributed by atoms with E-state index in [1.807, 2.05) is 25.1 Å². The predicted octanol–water partition coefficient (Wildman–Crippen LogP) is 2.99. The number of ether oxygens (including phenoxy) is 1. The third-order valence-corrected chi connectivity index (χ3v) is 4.05. The number of halogens is 1. The van der Waals surface area contributed by atoms with Crippen LogP contribution in [0.25, 0.3) is 0 Å². The number of nitrogens with zero attached hydrogens (tertiary/aromatic N) is 2. The van der Waals surface area contributed by atoms with E-state index in [2.05, 4.69) is 26.3 Å². The molecule has 3 rings (SSSR count). The molecule has 20 heavy (non-hydrogen) atoms. The molecule has 6 heteroatoms. The molecule has 1 N–H and O–H groups in total. The first kappa shape index (κ1) is 13.2. The number of nitrogens with one attached hydrogen (secondary N) is 1. The third kappa shape index (κ3) is 2.56. The van der Waals surface area contributed by atoms with Gasteiger partial charge in [0, 0.05) is 29.2 Å². The average Bonchev–Trinajstić information content (AvgIpc) is 2.87. The van der Waals surface area contributed by atoms with Gasteiger partial charge in [0.05, 0.1) is 6.61 Å². The van der Waals surface area contributed by atoms with Gasteiger partial charge >= 0.3 is 0 Å². The van der Waals surface area contributed by atoms with Crippen LogP contribution in [0.4, 0.5) is 5.69 Å². The zero-order valence-corrected chi connectivity index (χ0v) is 12.6. The van der Waals surface area contributed by atoms with Crippen LogP contribution >= 0.6 is 15.9 Å². The first-order valence-electron chi connectivity index (χ1n) is 6.41. The molecular weight excluding hydrogens is 322 g/mol. The van der Waals surface area contributed by atoms with E-state index in [4.69, 9.17) is 4.74 Å². The zero-order chi connectivity index (χ0) is 14.1. The molecule has 1 aromatic carbocycles. The van der Waals surface area contributed by atoms with E-state index < -0.39 is 0 Å². The van der Waals surface area contributed by atoms with Crippen molar-refractivity contribution in [1.29, 1.82) is 0 Å². The standard InChI is InChI=1S/C14H14BrN3O2/c1-9-7-10(3-4-11(9)15)16-14(19)12-8-13-18(17-12)5-2-6-20-13/h3-4,7-8H,2,5-6H2,1H3,(H,16,19). The first-order chi connectivity index (χ1) is 9.63. The lowest BCUT2D eigenvalue weighted by Gasteiger charge is -2.13. The van der Waals surface area contributed by atoms with Gasteiger partial charge in [0.25, 0.3) is 5.91 Å². The highest BCUT2D eigenvalue weighted by Gasteiger charge is 2.18. The summed E-state index contributed by atoms with van der Waals surface area (Å²) in [5.74, 6) is 0.436. The minimum atomic E-state index is -0.225. The summed E-state index contributed by atoms with van der Waals surface area (Å²) in [7, 11) is 0. The molecule has 0 fully saturated rings. The highest BCUT2D eigenvalue weighted by molar-refractivity contribution is 9.10. The Morgan fingerprint density at radius 1 is 1.45 bits per heavy atom. The summed E-state index contributed by atoms with van der Waals surface area (Å²) < 4.78 is 8.20. The van der Waals surface area contributed by atoms with Crippen LogP contribution in [0.15, 0.2) is 28.7 Å². The summed E-state index contributed by atoms with van der Waals surface area (Å²) in [5, 5.41) is 7.10. The molecule has 0 bridgehead atoms. The van der Waals surface area contributed by atoms with E-state index in [-0.39, 0.29) is 5.91 Å². The molecule has 104 valence electrons. The summed E-state index contributed by atoms with van der Waals surface area (Å²) in [4.78, 5) is 12.2. The average molecular weight is 336 g/mol. The lowest BCUT2D eigenvalue weighted by atomic mass is 10.2. The van der Waals surface area contributed by atoms with Crippen LogP contribution in [-0.2, 0) is 6.54 Å². The Balaban J connectivity index is 1.78. The van der Waals surface area contributed by atoms with Crippen molar-refractivity contribution in [3.8, 4) is 5.88 Å². The van der Waals surface area contributed by atoms with Gasteiger partial charge in [-0.1, -0.05) is 15.9 Å². The number of aryl methyl sites for hydroxylation is 2. The van der Waals surface area contributed by atoms with Gasteiger partial charge in [0.1, 0.15) is 0 Å². The fourth-order valence-corrected chi connectivity index (χ4v) is 2.34. The van der Waals surface area contributed by atoms with Gasteiger partial charge in [0.2, 0.25) is 5.88 Å². The van der Waals surface area contributed by atoms with Crippen LogP contribution in [0.3, 0.4) is 0 Å². The summed E-state index contributed by atoms with van der Waals surface area (Å²) in [5.41, 5.74) is 2.19. The van der Waals surface area contributed by atoms with E-state index >= 15 is 0 Å². The second-order valence-electron chi connectivity index (χ2n) is 4.71. The second-order valence-corrected chi connectivity index (χ2v) is 5.57. The molecular formula is C14H14BrN3O2. The summed E-state index contributed by atoms with van der Waals surface area (Å²) in [6.45, 7) is 3.45. The Bertz CT molecular complexity index is 643. The van der Waals surface area contributed by atoms with Crippen LogP contribution in [0.2, 0.25) is 0 Å². The number of hydrogen-bond acceptors (Lipinski definition) is 3. The van der Waals surface area contributed by atoms with Crippen LogP contribution in [-0.4, -0.2) is 22.3 Å². The molecule has 5 nitrogen and oxygen atoms in total. The quantitative estimate of drug-likeness (QED) is 0.917. The highest BCUT2D eigenvalue weighted by atomic mass is 79.9. The number of anilines is 1. The predicted molar refractivity (Wildman–Crippen MR) is 79.2 cm³/mol. The Kier molecular flexibility index (Phi) is 3.48. The SMILES string of the molecule is Cc1cc(NC(=O)c2cc3n(n2)CCCO3)ccc1Br. The van der Waals surface area contributed by atoms with Crippen molar-refractivity contribution < 1.29 is 9.53 Å². The Hall–Kier alpha value is -1.82. The van der Waals surface area contributed by atoms with Crippen LogP contribution in [0.5, 0.6) is 5.88 Å². The van der Waals surface area contributed by atoms with Crippen molar-refractivity contribution in [1.82, 2.24) is 9.78 Å². The molecule has 0 saturated carbocycles. The van der Waals surface area contributed by atoms with Crippen LogP contribution < -0.4 is 10.1 Å². The lowest BCUT2D eigenvalue weighted by Crippen LogP contribution is -2.16. The molecule has 0 unspecified atom stereocenters. The molecule has 1 aliphatic rings. The summed E-state index contributed by atoms with van der Waals surface area (Å²) >= 11 is 3.43. The summed E-state index contributed by atoms with van der Waals surface area (Å²) in [6.07, 6.45) is 0.918. The lowest BCUT2D eigenvalue weighted by molar-refractivity contribution is 0.102. The number of rotatable bonds is 2. The maximum absolute atomic E-state index is 12.2. The van der Waals surface area contributed by atoms with Crippen LogP contribution in [0.1, 0.15) is 22.5 Å². The van der Waals surface area contributed by atoms with E-state index in [0.29, 0.717) is 18.2 Å². The summed E-state index contributed by atoms with van der Waals surface area (Å²) in [6, 6.07) is 7.35. The number of hydrogen-bond donors (Lipinski definition) is 1. The molecule has 0 atom stereocenters. The fourth-order valence-electron chi connectivity index (χ4n) is 2.10. The van der Waals surface area contributed by atoms with Crippen molar-refractivity contribution in [3.05, 3.63) is 40.0 Å². The van der Waals surface area contributed by atoms with Gasteiger partial charge in [-0.15, -0.1) is 0 Å². The third-order valence-electron chi connectivity index (χ3n) is 3.16. The molecule has 0 saturated heterocycles. The van der Waals surface area contributed by atoms with Crippen molar-refractivity contribution in [2.45, 2.75) is 19.9 Å².